The molecule has 0 atom stereocenters. The largest absolute Gasteiger partial charge is 0.546 e. The van der Waals surface area contributed by atoms with E-state index in [-0.39, 0.29) is 5.91 Å². The molecule has 7 heteroatoms. The molecule has 1 N–H and O–H groups in total. The zero-order chi connectivity index (χ0) is 19.4. The van der Waals surface area contributed by atoms with E-state index in [4.69, 9.17) is 4.74 Å². The smallest absolute Gasteiger partial charge is 0.264 e. The highest BCUT2D eigenvalue weighted by atomic mass is 32.2. The van der Waals surface area contributed by atoms with E-state index < -0.39 is 12.6 Å². The number of rotatable bonds is 5. The van der Waals surface area contributed by atoms with Gasteiger partial charge in [-0.05, 0) is 60.5 Å². The van der Waals surface area contributed by atoms with Crippen LogP contribution in [0.25, 0.3) is 6.08 Å². The molecule has 0 spiro atoms. The molecule has 3 rings (SSSR count). The lowest BCUT2D eigenvalue weighted by atomic mass is 10.1. The predicted molar refractivity (Wildman–Crippen MR) is 104 cm³/mol. The number of aliphatic imine (C=N–C) groups is 1. The molecule has 1 aliphatic heterocycles. The summed E-state index contributed by atoms with van der Waals surface area (Å²) in [6.07, 6.45) is 1.75. The fourth-order valence-electron chi connectivity index (χ4n) is 2.52. The van der Waals surface area contributed by atoms with E-state index in [2.05, 4.69) is 10.3 Å². The lowest BCUT2D eigenvalue weighted by Gasteiger charge is -2.06. The average Bonchev–Trinajstić information content (AvgIpc) is 2.97. The fourth-order valence-corrected chi connectivity index (χ4v) is 3.35. The molecule has 0 aromatic heterocycles. The summed E-state index contributed by atoms with van der Waals surface area (Å²) in [4.78, 5) is 27.7. The number of nitrogens with one attached hydrogen (secondary N) is 1. The minimum atomic E-state index is -1.28. The summed E-state index contributed by atoms with van der Waals surface area (Å²) in [5, 5.41) is 13.7. The topological polar surface area (TPSA) is 90.8 Å². The number of amides is 1. The van der Waals surface area contributed by atoms with Gasteiger partial charge in [-0.25, -0.2) is 4.99 Å². The summed E-state index contributed by atoms with van der Waals surface area (Å²) in [7, 11) is 0. The van der Waals surface area contributed by atoms with Crippen molar-refractivity contribution in [3.63, 3.8) is 0 Å². The number of amidine groups is 1. The second-order valence-corrected chi connectivity index (χ2v) is 6.98. The summed E-state index contributed by atoms with van der Waals surface area (Å²) in [5.74, 6) is -1.07. The Bertz CT molecular complexity index is 929. The molecule has 1 saturated heterocycles. The first-order chi connectivity index (χ1) is 12.9. The monoisotopic (exact) mass is 381 g/mol. The van der Waals surface area contributed by atoms with E-state index in [1.807, 2.05) is 32.0 Å². The number of ether oxygens (including phenoxy) is 1. The molecular formula is C20H17N2O4S-. The third-order valence-corrected chi connectivity index (χ3v) is 4.75. The van der Waals surface area contributed by atoms with Crippen LogP contribution in [0, 0.1) is 13.8 Å². The van der Waals surface area contributed by atoms with Gasteiger partial charge in [-0.15, -0.1) is 0 Å². The van der Waals surface area contributed by atoms with Crippen LogP contribution >= 0.6 is 11.8 Å². The third kappa shape index (κ3) is 4.77. The summed E-state index contributed by atoms with van der Waals surface area (Å²) in [5.41, 5.74) is 3.74. The first-order valence-electron chi connectivity index (χ1n) is 8.21. The lowest BCUT2D eigenvalue weighted by Crippen LogP contribution is -2.28. The number of carbonyl (C=O) groups excluding carboxylic acids is 2. The molecule has 1 fully saturated rings. The maximum absolute atomic E-state index is 12.2. The van der Waals surface area contributed by atoms with Crippen LogP contribution < -0.4 is 15.2 Å². The number of para-hydroxylation sites is 1. The van der Waals surface area contributed by atoms with Crippen molar-refractivity contribution >= 4 is 40.6 Å². The minimum Gasteiger partial charge on any atom is -0.546 e. The van der Waals surface area contributed by atoms with Crippen LogP contribution in [0.3, 0.4) is 0 Å². The number of carboxylic acid groups (broad SMARTS) is 1. The number of hydrogen-bond donors (Lipinski definition) is 1. The second kappa shape index (κ2) is 8.09. The van der Waals surface area contributed by atoms with Crippen LogP contribution in [0.5, 0.6) is 5.75 Å². The van der Waals surface area contributed by atoms with Crippen molar-refractivity contribution < 1.29 is 19.4 Å². The average molecular weight is 381 g/mol. The highest BCUT2D eigenvalue weighted by molar-refractivity contribution is 8.18. The standard InChI is InChI=1S/C20H18N2O4S/c1-12-4-3-5-13(2)18(12)21-20-22-19(25)16(27-20)10-14-6-8-15(9-7-14)26-11-17(23)24/h3-10H,11H2,1-2H3,(H,23,24)(H,21,22,25)/p-1/b16-10+. The van der Waals surface area contributed by atoms with E-state index >= 15 is 0 Å². The molecule has 138 valence electrons. The number of aliphatic carboxylic acids is 1. The minimum absolute atomic E-state index is 0.206. The molecule has 6 nitrogen and oxygen atoms in total. The predicted octanol–water partition coefficient (Wildman–Crippen LogP) is 2.32. The van der Waals surface area contributed by atoms with E-state index in [1.54, 1.807) is 30.3 Å². The molecule has 0 saturated carbocycles. The van der Waals surface area contributed by atoms with E-state index in [0.29, 0.717) is 15.8 Å². The second-order valence-electron chi connectivity index (χ2n) is 5.95. The normalized spacial score (nSPS) is 16.6. The number of carbonyl (C=O) groups is 2. The van der Waals surface area contributed by atoms with Gasteiger partial charge < -0.3 is 20.0 Å². The Kier molecular flexibility index (Phi) is 5.61. The number of hydrogen-bond acceptors (Lipinski definition) is 6. The van der Waals surface area contributed by atoms with Crippen molar-refractivity contribution in [3.05, 3.63) is 64.1 Å². The SMILES string of the molecule is Cc1cccc(C)c1N=C1NC(=O)/C(=C\c2ccc(OCC(=O)[O-])cc2)S1. The van der Waals surface area contributed by atoms with Gasteiger partial charge in [0.2, 0.25) is 0 Å². The van der Waals surface area contributed by atoms with Crippen molar-refractivity contribution in [2.24, 2.45) is 4.99 Å². The van der Waals surface area contributed by atoms with Gasteiger partial charge in [0.05, 0.1) is 16.6 Å². The third-order valence-electron chi connectivity index (χ3n) is 3.84. The summed E-state index contributed by atoms with van der Waals surface area (Å²) in [6.45, 7) is 3.46. The lowest BCUT2D eigenvalue weighted by molar-refractivity contribution is -0.307. The van der Waals surface area contributed by atoms with Crippen molar-refractivity contribution in [1.29, 1.82) is 0 Å². The molecule has 27 heavy (non-hydrogen) atoms. The highest BCUT2D eigenvalue weighted by Crippen LogP contribution is 2.30. The van der Waals surface area contributed by atoms with Gasteiger partial charge in [-0.3, -0.25) is 4.79 Å². The molecule has 0 bridgehead atoms. The van der Waals surface area contributed by atoms with Crippen molar-refractivity contribution in [2.75, 3.05) is 6.61 Å². The van der Waals surface area contributed by atoms with Crippen molar-refractivity contribution in [1.82, 2.24) is 5.32 Å². The number of carboxylic acids is 1. The molecule has 1 aliphatic rings. The summed E-state index contributed by atoms with van der Waals surface area (Å²) < 4.78 is 5.03. The van der Waals surface area contributed by atoms with Gasteiger partial charge in [0, 0.05) is 0 Å². The number of thioether (sulfide) groups is 1. The Morgan fingerprint density at radius 3 is 2.48 bits per heavy atom. The molecule has 0 aliphatic carbocycles. The molecule has 2 aromatic rings. The van der Waals surface area contributed by atoms with Crippen LogP contribution in [-0.4, -0.2) is 23.7 Å². The molecule has 0 radical (unpaired) electrons. The maximum Gasteiger partial charge on any atom is 0.264 e. The van der Waals surface area contributed by atoms with E-state index in [0.717, 1.165) is 22.4 Å². The van der Waals surface area contributed by atoms with Gasteiger partial charge >= 0.3 is 0 Å². The summed E-state index contributed by atoms with van der Waals surface area (Å²) in [6, 6.07) is 12.7. The van der Waals surface area contributed by atoms with Gasteiger partial charge in [-0.1, -0.05) is 30.3 Å². The number of aryl methyl sites for hydroxylation is 2. The molecule has 0 unspecified atom stereocenters. The van der Waals surface area contributed by atoms with E-state index in [9.17, 15) is 14.7 Å². The first kappa shape index (κ1) is 18.7. The molecule has 2 aromatic carbocycles. The van der Waals surface area contributed by atoms with Crippen LogP contribution in [0.15, 0.2) is 52.4 Å². The van der Waals surface area contributed by atoms with Gasteiger partial charge in [0.25, 0.3) is 5.91 Å². The Balaban J connectivity index is 1.75. The van der Waals surface area contributed by atoms with Crippen LogP contribution in [0.1, 0.15) is 16.7 Å². The quantitative estimate of drug-likeness (QED) is 0.803. The van der Waals surface area contributed by atoms with Gasteiger partial charge in [0.1, 0.15) is 12.4 Å². The van der Waals surface area contributed by atoms with Crippen molar-refractivity contribution in [2.45, 2.75) is 13.8 Å². The Labute approximate surface area is 161 Å². The fraction of sp³-hybridized carbons (Fsp3) is 0.150. The number of benzene rings is 2. The Morgan fingerprint density at radius 1 is 1.19 bits per heavy atom. The maximum atomic E-state index is 12.2. The van der Waals surface area contributed by atoms with Gasteiger partial charge in [-0.2, -0.15) is 0 Å². The zero-order valence-electron chi connectivity index (χ0n) is 14.8. The highest BCUT2D eigenvalue weighted by Gasteiger charge is 2.24. The van der Waals surface area contributed by atoms with E-state index in [1.165, 1.54) is 11.8 Å². The Hall–Kier alpha value is -3.06. The van der Waals surface area contributed by atoms with Crippen molar-refractivity contribution in [3.8, 4) is 5.75 Å². The first-order valence-corrected chi connectivity index (χ1v) is 9.02. The zero-order valence-corrected chi connectivity index (χ0v) is 15.6. The molecule has 1 heterocycles. The summed E-state index contributed by atoms with van der Waals surface area (Å²) >= 11 is 1.28. The molecular weight excluding hydrogens is 364 g/mol. The van der Waals surface area contributed by atoms with Crippen LogP contribution in [0.2, 0.25) is 0 Å². The molecule has 1 amide bonds. The Morgan fingerprint density at radius 2 is 1.85 bits per heavy atom. The number of nitrogens with zero attached hydrogens (tertiary/aromatic N) is 1. The van der Waals surface area contributed by atoms with Crippen LogP contribution in [-0.2, 0) is 9.59 Å². The van der Waals surface area contributed by atoms with Gasteiger partial charge in [0.15, 0.2) is 5.17 Å². The van der Waals surface area contributed by atoms with Crippen LogP contribution in [0.4, 0.5) is 5.69 Å².